The summed E-state index contributed by atoms with van der Waals surface area (Å²) >= 11 is 5.66. The Morgan fingerprint density at radius 1 is 1.53 bits per heavy atom. The highest BCUT2D eigenvalue weighted by molar-refractivity contribution is 6.30. The molecule has 0 aliphatic heterocycles. The van der Waals surface area contributed by atoms with Crippen LogP contribution in [0.1, 0.15) is 24.8 Å². The van der Waals surface area contributed by atoms with E-state index >= 15 is 0 Å². The molecule has 1 aromatic carbocycles. The summed E-state index contributed by atoms with van der Waals surface area (Å²) in [5, 5.41) is 11.6. The van der Waals surface area contributed by atoms with Crippen molar-refractivity contribution in [3.63, 3.8) is 0 Å². The molecule has 0 unspecified atom stereocenters. The van der Waals surface area contributed by atoms with Crippen molar-refractivity contribution in [3.05, 3.63) is 34.6 Å². The fourth-order valence-corrected chi connectivity index (χ4v) is 2.13. The summed E-state index contributed by atoms with van der Waals surface area (Å²) in [5.41, 5.74) is 6.36. The Hall–Kier alpha value is -1.33. The first kappa shape index (κ1) is 14.1. The van der Waals surface area contributed by atoms with Crippen LogP contribution in [0.15, 0.2) is 23.4 Å². The third kappa shape index (κ3) is 4.08. The van der Waals surface area contributed by atoms with E-state index in [2.05, 4.69) is 10.1 Å². The van der Waals surface area contributed by atoms with Crippen molar-refractivity contribution in [2.45, 2.75) is 31.8 Å². The number of nitrogens with zero attached hydrogens (tertiary/aromatic N) is 2. The van der Waals surface area contributed by atoms with E-state index in [1.165, 1.54) is 6.07 Å². The normalized spacial score (nSPS) is 16.1. The molecule has 3 N–H and O–H groups in total. The maximum absolute atomic E-state index is 13.4. The largest absolute Gasteiger partial charge is 0.409 e. The van der Waals surface area contributed by atoms with E-state index in [0.717, 1.165) is 18.4 Å². The maximum Gasteiger partial charge on any atom is 0.142 e. The van der Waals surface area contributed by atoms with Crippen LogP contribution in [0.2, 0.25) is 5.02 Å². The first-order valence-electron chi connectivity index (χ1n) is 6.24. The highest BCUT2D eigenvalue weighted by Crippen LogP contribution is 2.29. The van der Waals surface area contributed by atoms with Crippen LogP contribution in [0.4, 0.5) is 4.39 Å². The van der Waals surface area contributed by atoms with Crippen molar-refractivity contribution in [1.82, 2.24) is 4.90 Å². The SMILES string of the molecule is N/C(CCN(Cc1ccc(Cl)c(F)c1)C1CC1)=N/O. The van der Waals surface area contributed by atoms with Crippen molar-refractivity contribution in [1.29, 1.82) is 0 Å². The fraction of sp³-hybridized carbons (Fsp3) is 0.462. The average Bonchev–Trinajstić information content (AvgIpc) is 3.22. The van der Waals surface area contributed by atoms with Gasteiger partial charge in [0.25, 0.3) is 0 Å². The van der Waals surface area contributed by atoms with Crippen molar-refractivity contribution in [3.8, 4) is 0 Å². The predicted octanol–water partition coefficient (Wildman–Crippen LogP) is 2.58. The highest BCUT2D eigenvalue weighted by Gasteiger charge is 2.28. The van der Waals surface area contributed by atoms with Crippen LogP contribution in [-0.2, 0) is 6.54 Å². The lowest BCUT2D eigenvalue weighted by Crippen LogP contribution is -2.29. The monoisotopic (exact) mass is 285 g/mol. The van der Waals surface area contributed by atoms with E-state index in [9.17, 15) is 4.39 Å². The van der Waals surface area contributed by atoms with Gasteiger partial charge in [0.2, 0.25) is 0 Å². The van der Waals surface area contributed by atoms with Gasteiger partial charge in [-0.15, -0.1) is 0 Å². The second kappa shape index (κ2) is 6.21. The molecule has 0 atom stereocenters. The van der Waals surface area contributed by atoms with Crippen molar-refractivity contribution in [2.75, 3.05) is 6.54 Å². The maximum atomic E-state index is 13.4. The molecular formula is C13H17ClFN3O. The molecular weight excluding hydrogens is 269 g/mol. The number of rotatable bonds is 6. The average molecular weight is 286 g/mol. The van der Waals surface area contributed by atoms with E-state index in [0.29, 0.717) is 25.6 Å². The number of halogens is 2. The standard InChI is InChI=1S/C13H17ClFN3O/c14-11-4-1-9(7-12(11)15)8-18(10-2-3-10)6-5-13(16)17-19/h1,4,7,10,19H,2-3,5-6,8H2,(H2,16,17). The van der Waals surface area contributed by atoms with Gasteiger partial charge in [-0.3, -0.25) is 4.90 Å². The zero-order valence-corrected chi connectivity index (χ0v) is 11.3. The van der Waals surface area contributed by atoms with Crippen LogP contribution >= 0.6 is 11.6 Å². The Morgan fingerprint density at radius 3 is 2.84 bits per heavy atom. The molecule has 0 heterocycles. The van der Waals surface area contributed by atoms with E-state index in [1.807, 2.05) is 6.07 Å². The Morgan fingerprint density at radius 2 is 2.26 bits per heavy atom. The predicted molar refractivity (Wildman–Crippen MR) is 72.9 cm³/mol. The lowest BCUT2D eigenvalue weighted by molar-refractivity contribution is 0.259. The van der Waals surface area contributed by atoms with Gasteiger partial charge in [0, 0.05) is 25.6 Å². The van der Waals surface area contributed by atoms with Gasteiger partial charge in [0.05, 0.1) is 5.02 Å². The number of benzene rings is 1. The fourth-order valence-electron chi connectivity index (χ4n) is 2.01. The second-order valence-corrected chi connectivity index (χ2v) is 5.20. The third-order valence-electron chi connectivity index (χ3n) is 3.22. The van der Waals surface area contributed by atoms with Gasteiger partial charge in [0.15, 0.2) is 0 Å². The van der Waals surface area contributed by atoms with Gasteiger partial charge in [-0.2, -0.15) is 0 Å². The van der Waals surface area contributed by atoms with Crippen LogP contribution in [0.5, 0.6) is 0 Å². The molecule has 1 aliphatic carbocycles. The third-order valence-corrected chi connectivity index (χ3v) is 3.52. The van der Waals surface area contributed by atoms with Crippen LogP contribution < -0.4 is 5.73 Å². The topological polar surface area (TPSA) is 61.8 Å². The molecule has 1 aromatic rings. The molecule has 1 fully saturated rings. The summed E-state index contributed by atoms with van der Waals surface area (Å²) in [5.74, 6) is -0.181. The van der Waals surface area contributed by atoms with Gasteiger partial charge < -0.3 is 10.9 Å². The minimum absolute atomic E-state index is 0.137. The summed E-state index contributed by atoms with van der Waals surface area (Å²) < 4.78 is 13.4. The van der Waals surface area contributed by atoms with E-state index in [4.69, 9.17) is 22.5 Å². The van der Waals surface area contributed by atoms with Gasteiger partial charge in [0.1, 0.15) is 11.7 Å². The molecule has 0 bridgehead atoms. The van der Waals surface area contributed by atoms with Gasteiger partial charge in [-0.05, 0) is 30.5 Å². The van der Waals surface area contributed by atoms with Crippen LogP contribution in [0.3, 0.4) is 0 Å². The van der Waals surface area contributed by atoms with Gasteiger partial charge >= 0.3 is 0 Å². The summed E-state index contributed by atoms with van der Waals surface area (Å²) in [6.45, 7) is 1.35. The number of hydrogen-bond donors (Lipinski definition) is 2. The Kier molecular flexibility index (Phi) is 4.61. The van der Waals surface area contributed by atoms with Crippen LogP contribution in [0.25, 0.3) is 0 Å². The molecule has 0 saturated heterocycles. The summed E-state index contributed by atoms with van der Waals surface area (Å²) in [7, 11) is 0. The number of amidine groups is 1. The zero-order chi connectivity index (χ0) is 13.8. The van der Waals surface area contributed by atoms with Crippen molar-refractivity contribution >= 4 is 17.4 Å². The summed E-state index contributed by atoms with van der Waals surface area (Å²) in [6.07, 6.45) is 2.79. The Labute approximate surface area is 116 Å². The van der Waals surface area contributed by atoms with E-state index in [-0.39, 0.29) is 10.9 Å². The lowest BCUT2D eigenvalue weighted by atomic mass is 10.2. The van der Waals surface area contributed by atoms with Gasteiger partial charge in [-0.25, -0.2) is 4.39 Å². The molecule has 0 aromatic heterocycles. The van der Waals surface area contributed by atoms with Crippen molar-refractivity contribution < 1.29 is 9.60 Å². The first-order valence-corrected chi connectivity index (χ1v) is 6.62. The first-order chi connectivity index (χ1) is 9.10. The van der Waals surface area contributed by atoms with E-state index in [1.54, 1.807) is 6.07 Å². The molecule has 19 heavy (non-hydrogen) atoms. The molecule has 4 nitrogen and oxygen atoms in total. The second-order valence-electron chi connectivity index (χ2n) is 4.79. The molecule has 1 saturated carbocycles. The molecule has 1 aliphatic rings. The molecule has 6 heteroatoms. The smallest absolute Gasteiger partial charge is 0.142 e. The number of hydrogen-bond acceptors (Lipinski definition) is 3. The quantitative estimate of drug-likeness (QED) is 0.365. The summed E-state index contributed by atoms with van der Waals surface area (Å²) in [6, 6.07) is 5.37. The van der Waals surface area contributed by atoms with Crippen molar-refractivity contribution in [2.24, 2.45) is 10.9 Å². The van der Waals surface area contributed by atoms with Crippen LogP contribution in [-0.4, -0.2) is 28.5 Å². The highest BCUT2D eigenvalue weighted by atomic mass is 35.5. The molecule has 0 radical (unpaired) electrons. The Balaban J connectivity index is 1.98. The van der Waals surface area contributed by atoms with Crippen LogP contribution in [0, 0.1) is 5.82 Å². The molecule has 2 rings (SSSR count). The summed E-state index contributed by atoms with van der Waals surface area (Å²) in [4.78, 5) is 2.22. The van der Waals surface area contributed by atoms with E-state index < -0.39 is 5.82 Å². The number of nitrogens with two attached hydrogens (primary N) is 1. The minimum Gasteiger partial charge on any atom is -0.409 e. The lowest BCUT2D eigenvalue weighted by Gasteiger charge is -2.21. The molecule has 0 spiro atoms. The number of oxime groups is 1. The minimum atomic E-state index is -0.397. The van der Waals surface area contributed by atoms with Gasteiger partial charge in [-0.1, -0.05) is 22.8 Å². The molecule has 0 amide bonds. The molecule has 104 valence electrons. The zero-order valence-electron chi connectivity index (χ0n) is 10.5. The Bertz CT molecular complexity index is 477.